The molecule has 0 amide bonds. The Bertz CT molecular complexity index is 370. The van der Waals surface area contributed by atoms with E-state index in [1.54, 1.807) is 17.8 Å². The van der Waals surface area contributed by atoms with Gasteiger partial charge in [-0.2, -0.15) is 0 Å². The molecule has 0 spiro atoms. The van der Waals surface area contributed by atoms with Crippen LogP contribution < -0.4 is 10.2 Å². The minimum Gasteiger partial charge on any atom is -0.367 e. The Hall–Kier alpha value is -0.740. The van der Waals surface area contributed by atoms with E-state index in [9.17, 15) is 4.39 Å². The van der Waals surface area contributed by atoms with Gasteiger partial charge in [-0.1, -0.05) is 6.07 Å². The summed E-state index contributed by atoms with van der Waals surface area (Å²) in [5.74, 6) is 0.927. The largest absolute Gasteiger partial charge is 0.367 e. The molecule has 1 aliphatic rings. The predicted octanol–water partition coefficient (Wildman–Crippen LogP) is 2.35. The van der Waals surface area contributed by atoms with Crippen molar-refractivity contribution in [1.29, 1.82) is 0 Å². The molecular formula is C12H17FN2S. The van der Waals surface area contributed by atoms with Gasteiger partial charge in [-0.25, -0.2) is 4.39 Å². The monoisotopic (exact) mass is 240 g/mol. The van der Waals surface area contributed by atoms with Crippen molar-refractivity contribution in [3.05, 3.63) is 24.0 Å². The second-order valence-corrected chi connectivity index (χ2v) is 5.12. The highest BCUT2D eigenvalue weighted by atomic mass is 32.2. The minimum absolute atomic E-state index is 0.110. The van der Waals surface area contributed by atoms with Crippen molar-refractivity contribution in [2.75, 3.05) is 31.3 Å². The number of hydrogen-bond acceptors (Lipinski definition) is 3. The lowest BCUT2D eigenvalue weighted by atomic mass is 10.1. The van der Waals surface area contributed by atoms with E-state index in [4.69, 9.17) is 0 Å². The van der Waals surface area contributed by atoms with E-state index in [1.807, 2.05) is 20.2 Å². The topological polar surface area (TPSA) is 15.3 Å². The molecule has 1 aliphatic heterocycles. The maximum Gasteiger partial charge on any atom is 0.147 e. The molecule has 0 bridgehead atoms. The highest BCUT2D eigenvalue weighted by molar-refractivity contribution is 7.99. The van der Waals surface area contributed by atoms with E-state index in [1.165, 1.54) is 6.07 Å². The molecule has 1 atom stereocenters. The second kappa shape index (κ2) is 5.06. The first-order valence-electron chi connectivity index (χ1n) is 5.52. The fourth-order valence-electron chi connectivity index (χ4n) is 2.02. The van der Waals surface area contributed by atoms with Crippen LogP contribution in [0.5, 0.6) is 0 Å². The molecule has 0 aromatic heterocycles. The van der Waals surface area contributed by atoms with Gasteiger partial charge in [-0.05, 0) is 32.1 Å². The van der Waals surface area contributed by atoms with Crippen LogP contribution in [0.25, 0.3) is 0 Å². The van der Waals surface area contributed by atoms with Crippen molar-refractivity contribution in [3.8, 4) is 0 Å². The number of nitrogens with zero attached hydrogens (tertiary/aromatic N) is 1. The van der Waals surface area contributed by atoms with E-state index in [0.29, 0.717) is 6.04 Å². The van der Waals surface area contributed by atoms with Gasteiger partial charge in [-0.3, -0.25) is 0 Å². The van der Waals surface area contributed by atoms with Crippen LogP contribution in [0.3, 0.4) is 0 Å². The molecule has 0 saturated heterocycles. The molecule has 88 valence electrons. The Morgan fingerprint density at radius 1 is 1.56 bits per heavy atom. The summed E-state index contributed by atoms with van der Waals surface area (Å²) in [5, 5.41) is 3.14. The van der Waals surface area contributed by atoms with E-state index in [2.05, 4.69) is 10.2 Å². The van der Waals surface area contributed by atoms with Crippen LogP contribution in [-0.2, 0) is 0 Å². The van der Waals surface area contributed by atoms with Crippen LogP contribution in [0.1, 0.15) is 6.42 Å². The van der Waals surface area contributed by atoms with Crippen molar-refractivity contribution >= 4 is 17.4 Å². The molecule has 1 aromatic carbocycles. The number of thioether (sulfide) groups is 1. The third-order valence-corrected chi connectivity index (χ3v) is 4.20. The van der Waals surface area contributed by atoms with E-state index in [0.717, 1.165) is 29.3 Å². The van der Waals surface area contributed by atoms with Crippen molar-refractivity contribution in [1.82, 2.24) is 5.32 Å². The molecule has 4 heteroatoms. The van der Waals surface area contributed by atoms with Crippen LogP contribution in [0.15, 0.2) is 23.1 Å². The van der Waals surface area contributed by atoms with Gasteiger partial charge in [0.2, 0.25) is 0 Å². The number of benzene rings is 1. The average Bonchev–Trinajstić information content (AvgIpc) is 2.28. The van der Waals surface area contributed by atoms with E-state index >= 15 is 0 Å². The lowest BCUT2D eigenvalue weighted by Gasteiger charge is -2.35. The summed E-state index contributed by atoms with van der Waals surface area (Å²) in [6.07, 6.45) is 1.05. The number of rotatable bonds is 3. The van der Waals surface area contributed by atoms with Gasteiger partial charge in [0.05, 0.1) is 5.69 Å². The molecule has 1 unspecified atom stereocenters. The van der Waals surface area contributed by atoms with Gasteiger partial charge in [0.25, 0.3) is 0 Å². The lowest BCUT2D eigenvalue weighted by molar-refractivity contribution is 0.569. The first kappa shape index (κ1) is 11.7. The van der Waals surface area contributed by atoms with Crippen molar-refractivity contribution < 1.29 is 4.39 Å². The quantitative estimate of drug-likeness (QED) is 0.873. The Morgan fingerprint density at radius 2 is 2.38 bits per heavy atom. The fraction of sp³-hybridized carbons (Fsp3) is 0.500. The summed E-state index contributed by atoms with van der Waals surface area (Å²) in [7, 11) is 3.94. The van der Waals surface area contributed by atoms with Gasteiger partial charge < -0.3 is 10.2 Å². The number of nitrogens with one attached hydrogen (secondary N) is 1. The van der Waals surface area contributed by atoms with Crippen molar-refractivity contribution in [2.24, 2.45) is 0 Å². The fourth-order valence-corrected chi connectivity index (χ4v) is 3.34. The molecule has 0 aliphatic carbocycles. The summed E-state index contributed by atoms with van der Waals surface area (Å²) < 4.78 is 13.7. The van der Waals surface area contributed by atoms with Crippen LogP contribution >= 0.6 is 11.8 Å². The first-order valence-corrected chi connectivity index (χ1v) is 6.51. The Labute approximate surface area is 100 Å². The molecule has 1 aromatic rings. The smallest absolute Gasteiger partial charge is 0.147 e. The second-order valence-electron chi connectivity index (χ2n) is 4.05. The molecule has 0 fully saturated rings. The van der Waals surface area contributed by atoms with Gasteiger partial charge in [0.1, 0.15) is 5.82 Å². The summed E-state index contributed by atoms with van der Waals surface area (Å²) in [5.41, 5.74) is 0.764. The molecule has 0 radical (unpaired) electrons. The molecule has 2 nitrogen and oxygen atoms in total. The number of hydrogen-bond donors (Lipinski definition) is 1. The van der Waals surface area contributed by atoms with Crippen LogP contribution in [0.2, 0.25) is 0 Å². The zero-order chi connectivity index (χ0) is 11.5. The highest BCUT2D eigenvalue weighted by Gasteiger charge is 2.25. The van der Waals surface area contributed by atoms with Gasteiger partial charge >= 0.3 is 0 Å². The normalized spacial score (nSPS) is 19.7. The van der Waals surface area contributed by atoms with Gasteiger partial charge in [0, 0.05) is 23.7 Å². The number of halogens is 1. The van der Waals surface area contributed by atoms with Crippen molar-refractivity contribution in [3.63, 3.8) is 0 Å². The van der Waals surface area contributed by atoms with Gasteiger partial charge in [0.15, 0.2) is 0 Å². The Kier molecular flexibility index (Phi) is 3.71. The maximum atomic E-state index is 13.7. The summed E-state index contributed by atoms with van der Waals surface area (Å²) in [6.45, 7) is 0.972. The molecule has 0 saturated carbocycles. The van der Waals surface area contributed by atoms with Crippen LogP contribution in [-0.4, -0.2) is 32.4 Å². The number of anilines is 1. The number of fused-ring (bicyclic) bond motifs is 1. The van der Waals surface area contributed by atoms with Gasteiger partial charge in [-0.15, -0.1) is 11.8 Å². The molecule has 2 rings (SSSR count). The SMILES string of the molecule is CNCCC1CSc2cccc(F)c2N1C. The Balaban J connectivity index is 2.20. The standard InChI is InChI=1S/C12H17FN2S/c1-14-7-6-9-8-16-11-5-3-4-10(13)12(11)15(9)2/h3-5,9,14H,6-8H2,1-2H3. The average molecular weight is 240 g/mol. The van der Waals surface area contributed by atoms with Crippen LogP contribution in [0, 0.1) is 5.82 Å². The maximum absolute atomic E-state index is 13.7. The molecule has 16 heavy (non-hydrogen) atoms. The molecule has 1 N–H and O–H groups in total. The van der Waals surface area contributed by atoms with E-state index in [-0.39, 0.29) is 5.82 Å². The highest BCUT2D eigenvalue weighted by Crippen LogP contribution is 2.38. The van der Waals surface area contributed by atoms with Crippen LogP contribution in [0.4, 0.5) is 10.1 Å². The zero-order valence-corrected chi connectivity index (χ0v) is 10.5. The first-order chi connectivity index (χ1) is 7.74. The van der Waals surface area contributed by atoms with Crippen molar-refractivity contribution in [2.45, 2.75) is 17.4 Å². The predicted molar refractivity (Wildman–Crippen MR) is 67.9 cm³/mol. The summed E-state index contributed by atoms with van der Waals surface area (Å²) in [4.78, 5) is 3.14. The third-order valence-electron chi connectivity index (χ3n) is 3.01. The summed E-state index contributed by atoms with van der Waals surface area (Å²) in [6, 6.07) is 5.73. The molecule has 1 heterocycles. The zero-order valence-electron chi connectivity index (χ0n) is 9.66. The summed E-state index contributed by atoms with van der Waals surface area (Å²) >= 11 is 1.76. The Morgan fingerprint density at radius 3 is 3.12 bits per heavy atom. The minimum atomic E-state index is -0.110. The lowest BCUT2D eigenvalue weighted by Crippen LogP contribution is -2.39. The number of para-hydroxylation sites is 1. The molecular weight excluding hydrogens is 223 g/mol. The third kappa shape index (κ3) is 2.18. The van der Waals surface area contributed by atoms with E-state index < -0.39 is 0 Å².